The highest BCUT2D eigenvalue weighted by molar-refractivity contribution is 6.03. The molecule has 0 radical (unpaired) electrons. The SMILES string of the molecule is CC(C)c1ccc(NC(=O)C2C3C=CC4(O3)C2C(=O)N(C2CC2)C4C(=O)NC2CCCC(C)C2C)cc1. The summed E-state index contributed by atoms with van der Waals surface area (Å²) >= 11 is 0. The summed E-state index contributed by atoms with van der Waals surface area (Å²) in [5.41, 5.74) is 0.820. The summed E-state index contributed by atoms with van der Waals surface area (Å²) in [5.74, 6) is -0.476. The molecule has 3 amide bonds. The van der Waals surface area contributed by atoms with Crippen LogP contribution < -0.4 is 10.6 Å². The summed E-state index contributed by atoms with van der Waals surface area (Å²) < 4.78 is 6.46. The van der Waals surface area contributed by atoms with Crippen LogP contribution >= 0.6 is 0 Å². The van der Waals surface area contributed by atoms with Crippen molar-refractivity contribution in [2.24, 2.45) is 23.7 Å². The van der Waals surface area contributed by atoms with Crippen molar-refractivity contribution >= 4 is 23.4 Å². The van der Waals surface area contributed by atoms with Gasteiger partial charge in [-0.15, -0.1) is 0 Å². The number of carbonyl (C=O) groups excluding carboxylic acids is 3. The number of nitrogens with one attached hydrogen (secondary N) is 2. The Morgan fingerprint density at radius 2 is 1.78 bits per heavy atom. The number of ether oxygens (including phenoxy) is 1. The van der Waals surface area contributed by atoms with Crippen LogP contribution in [0.1, 0.15) is 71.3 Å². The molecule has 2 N–H and O–H groups in total. The van der Waals surface area contributed by atoms with E-state index < -0.39 is 29.6 Å². The molecule has 8 unspecified atom stereocenters. The fourth-order valence-corrected chi connectivity index (χ4v) is 7.18. The zero-order valence-electron chi connectivity index (χ0n) is 22.3. The molecule has 3 aliphatic heterocycles. The van der Waals surface area contributed by atoms with Gasteiger partial charge in [0.25, 0.3) is 0 Å². The quantitative estimate of drug-likeness (QED) is 0.572. The maximum absolute atomic E-state index is 13.9. The van der Waals surface area contributed by atoms with Crippen molar-refractivity contribution in [1.82, 2.24) is 10.2 Å². The molecule has 4 fully saturated rings. The second-order valence-corrected chi connectivity index (χ2v) is 12.3. The average Bonchev–Trinajstić information content (AvgIpc) is 3.46. The molecule has 0 aromatic heterocycles. The third-order valence-corrected chi connectivity index (χ3v) is 9.68. The molecular formula is C30H39N3O4. The van der Waals surface area contributed by atoms with Gasteiger partial charge in [0.15, 0.2) is 0 Å². The van der Waals surface area contributed by atoms with Gasteiger partial charge < -0.3 is 20.3 Å². The molecule has 1 spiro atoms. The van der Waals surface area contributed by atoms with Crippen LogP contribution in [0.2, 0.25) is 0 Å². The zero-order chi connectivity index (χ0) is 26.1. The second kappa shape index (κ2) is 8.97. The number of hydrogen-bond acceptors (Lipinski definition) is 4. The first-order valence-electron chi connectivity index (χ1n) is 14.1. The summed E-state index contributed by atoms with van der Waals surface area (Å²) in [7, 11) is 0. The number of amides is 3. The van der Waals surface area contributed by atoms with Gasteiger partial charge in [-0.25, -0.2) is 0 Å². The van der Waals surface area contributed by atoms with E-state index in [9.17, 15) is 14.4 Å². The van der Waals surface area contributed by atoms with Crippen molar-refractivity contribution in [3.05, 3.63) is 42.0 Å². The van der Waals surface area contributed by atoms with Crippen LogP contribution in [0.3, 0.4) is 0 Å². The third kappa shape index (κ3) is 3.92. The van der Waals surface area contributed by atoms with Crippen LogP contribution in [0.25, 0.3) is 0 Å². The van der Waals surface area contributed by atoms with E-state index in [4.69, 9.17) is 4.74 Å². The van der Waals surface area contributed by atoms with Gasteiger partial charge in [-0.3, -0.25) is 14.4 Å². The maximum atomic E-state index is 13.9. The van der Waals surface area contributed by atoms with Gasteiger partial charge in [0.05, 0.1) is 17.9 Å². The number of hydrogen-bond donors (Lipinski definition) is 2. The first kappa shape index (κ1) is 24.7. The van der Waals surface area contributed by atoms with E-state index in [1.807, 2.05) is 36.4 Å². The Balaban J connectivity index is 1.26. The molecule has 2 saturated heterocycles. The molecule has 37 heavy (non-hydrogen) atoms. The summed E-state index contributed by atoms with van der Waals surface area (Å²) in [5, 5.41) is 6.34. The molecule has 2 bridgehead atoms. The lowest BCUT2D eigenvalue weighted by Crippen LogP contribution is -2.58. The maximum Gasteiger partial charge on any atom is 0.246 e. The Kier molecular flexibility index (Phi) is 5.98. The van der Waals surface area contributed by atoms with Crippen LogP contribution in [-0.2, 0) is 19.1 Å². The summed E-state index contributed by atoms with van der Waals surface area (Å²) in [4.78, 5) is 43.2. The van der Waals surface area contributed by atoms with Crippen LogP contribution in [-0.4, -0.2) is 52.5 Å². The molecule has 3 heterocycles. The third-order valence-electron chi connectivity index (χ3n) is 9.68. The molecule has 1 aromatic rings. The van der Waals surface area contributed by atoms with E-state index in [2.05, 4.69) is 38.3 Å². The average molecular weight is 506 g/mol. The summed E-state index contributed by atoms with van der Waals surface area (Å²) in [6.45, 7) is 8.72. The Hall–Kier alpha value is -2.67. The predicted octanol–water partition coefficient (Wildman–Crippen LogP) is 4.00. The highest BCUT2D eigenvalue weighted by Crippen LogP contribution is 2.57. The van der Waals surface area contributed by atoms with Crippen molar-refractivity contribution in [3.63, 3.8) is 0 Å². The smallest absolute Gasteiger partial charge is 0.246 e. The van der Waals surface area contributed by atoms with Gasteiger partial charge in [0, 0.05) is 17.8 Å². The van der Waals surface area contributed by atoms with Crippen LogP contribution in [0.4, 0.5) is 5.69 Å². The number of fused-ring (bicyclic) bond motifs is 1. The number of likely N-dealkylation sites (tertiary alicyclic amines) is 1. The van der Waals surface area contributed by atoms with Crippen molar-refractivity contribution in [2.75, 3.05) is 5.32 Å². The molecule has 2 aliphatic carbocycles. The topological polar surface area (TPSA) is 87.7 Å². The van der Waals surface area contributed by atoms with Crippen LogP contribution in [0, 0.1) is 23.7 Å². The van der Waals surface area contributed by atoms with Gasteiger partial charge in [-0.2, -0.15) is 0 Å². The van der Waals surface area contributed by atoms with Crippen molar-refractivity contribution in [1.29, 1.82) is 0 Å². The Morgan fingerprint density at radius 1 is 1.05 bits per heavy atom. The number of rotatable bonds is 6. The molecular weight excluding hydrogens is 466 g/mol. The molecule has 6 rings (SSSR count). The molecule has 198 valence electrons. The van der Waals surface area contributed by atoms with E-state index >= 15 is 0 Å². The molecule has 7 heteroatoms. The minimum absolute atomic E-state index is 0.0502. The van der Waals surface area contributed by atoms with E-state index in [0.29, 0.717) is 23.4 Å². The lowest BCUT2D eigenvalue weighted by atomic mass is 9.73. The highest BCUT2D eigenvalue weighted by atomic mass is 16.5. The predicted molar refractivity (Wildman–Crippen MR) is 141 cm³/mol. The second-order valence-electron chi connectivity index (χ2n) is 12.3. The van der Waals surface area contributed by atoms with Crippen molar-refractivity contribution < 1.29 is 19.1 Å². The van der Waals surface area contributed by atoms with Gasteiger partial charge in [0.2, 0.25) is 17.7 Å². The Bertz CT molecular complexity index is 1130. The lowest BCUT2D eigenvalue weighted by molar-refractivity contribution is -0.142. The van der Waals surface area contributed by atoms with Gasteiger partial charge in [-0.05, 0) is 54.7 Å². The van der Waals surface area contributed by atoms with E-state index in [-0.39, 0.29) is 29.8 Å². The largest absolute Gasteiger partial charge is 0.359 e. The first-order valence-corrected chi connectivity index (χ1v) is 14.1. The first-order chi connectivity index (χ1) is 17.7. The van der Waals surface area contributed by atoms with Crippen molar-refractivity contribution in [3.8, 4) is 0 Å². The molecule has 8 atom stereocenters. The Labute approximate surface area is 219 Å². The highest BCUT2D eigenvalue weighted by Gasteiger charge is 2.74. The van der Waals surface area contributed by atoms with E-state index in [1.54, 1.807) is 4.90 Å². The lowest BCUT2D eigenvalue weighted by Gasteiger charge is -2.38. The normalized spacial score (nSPS) is 38.2. The van der Waals surface area contributed by atoms with E-state index in [0.717, 1.165) is 25.7 Å². The molecule has 1 aromatic carbocycles. The number of nitrogens with zero attached hydrogens (tertiary/aromatic N) is 1. The minimum Gasteiger partial charge on any atom is -0.359 e. The summed E-state index contributed by atoms with van der Waals surface area (Å²) in [6.07, 6.45) is 8.30. The van der Waals surface area contributed by atoms with E-state index in [1.165, 1.54) is 12.0 Å². The number of anilines is 1. The van der Waals surface area contributed by atoms with Crippen molar-refractivity contribution in [2.45, 2.75) is 95.5 Å². The number of carbonyl (C=O) groups is 3. The van der Waals surface area contributed by atoms with Crippen LogP contribution in [0.15, 0.2) is 36.4 Å². The number of benzene rings is 1. The monoisotopic (exact) mass is 505 g/mol. The van der Waals surface area contributed by atoms with Gasteiger partial charge in [-0.1, -0.05) is 64.8 Å². The van der Waals surface area contributed by atoms with Gasteiger partial charge >= 0.3 is 0 Å². The molecule has 2 saturated carbocycles. The fourth-order valence-electron chi connectivity index (χ4n) is 7.18. The molecule has 7 nitrogen and oxygen atoms in total. The van der Waals surface area contributed by atoms with Gasteiger partial charge in [0.1, 0.15) is 11.6 Å². The Morgan fingerprint density at radius 3 is 2.46 bits per heavy atom. The molecule has 5 aliphatic rings. The van der Waals surface area contributed by atoms with Crippen LogP contribution in [0.5, 0.6) is 0 Å². The zero-order valence-corrected chi connectivity index (χ0v) is 22.3. The standard InChI is InChI=1S/C30H39N3O4/c1-16(2)19-8-10-20(11-9-19)31-27(34)24-23-14-15-30(37-23)25(24)29(36)33(21-12-13-21)26(30)28(35)32-22-7-5-6-17(3)18(22)4/h8-11,14-18,21-26H,5-7,12-13H2,1-4H3,(H,31,34)(H,32,35). The summed E-state index contributed by atoms with van der Waals surface area (Å²) in [6, 6.07) is 7.26. The fraction of sp³-hybridized carbons (Fsp3) is 0.633. The minimum atomic E-state index is -1.08.